The van der Waals surface area contributed by atoms with E-state index in [4.69, 9.17) is 10.5 Å². The summed E-state index contributed by atoms with van der Waals surface area (Å²) in [5, 5.41) is 2.85. The summed E-state index contributed by atoms with van der Waals surface area (Å²) in [6.07, 6.45) is 6.14. The number of nitrogens with two attached hydrogens (primary N) is 1. The minimum Gasteiger partial charge on any atom is -0.368 e. The number of carbonyl (C=O) groups excluding carboxylic acids is 1. The zero-order valence-electron chi connectivity index (χ0n) is 12.8. The van der Waals surface area contributed by atoms with Crippen molar-refractivity contribution in [3.63, 3.8) is 0 Å². The topological polar surface area (TPSA) is 64.3 Å². The molecule has 0 heterocycles. The highest BCUT2D eigenvalue weighted by molar-refractivity contribution is 5.91. The van der Waals surface area contributed by atoms with Crippen LogP contribution in [-0.2, 0) is 16.1 Å². The molecule has 0 radical (unpaired) electrons. The van der Waals surface area contributed by atoms with E-state index in [0.29, 0.717) is 6.54 Å². The number of amides is 1. The first-order valence-corrected chi connectivity index (χ1v) is 7.91. The molecule has 0 aromatic heterocycles. The number of ether oxygens (including phenoxy) is 1. The van der Waals surface area contributed by atoms with E-state index >= 15 is 0 Å². The highest BCUT2D eigenvalue weighted by Crippen LogP contribution is 2.28. The second-order valence-electron chi connectivity index (χ2n) is 5.82. The summed E-state index contributed by atoms with van der Waals surface area (Å²) in [5.41, 5.74) is 7.39. The third-order valence-corrected chi connectivity index (χ3v) is 4.24. The third kappa shape index (κ3) is 5.14. The van der Waals surface area contributed by atoms with Crippen molar-refractivity contribution < 1.29 is 9.53 Å². The predicted octanol–water partition coefficient (Wildman–Crippen LogP) is 3.07. The smallest absolute Gasteiger partial charge is 0.250 e. The van der Waals surface area contributed by atoms with Crippen LogP contribution in [0, 0.1) is 5.92 Å². The van der Waals surface area contributed by atoms with Gasteiger partial charge in [0.1, 0.15) is 6.61 Å². The van der Waals surface area contributed by atoms with Crippen molar-refractivity contribution in [3.8, 4) is 0 Å². The van der Waals surface area contributed by atoms with Crippen LogP contribution in [-0.4, -0.2) is 18.6 Å². The van der Waals surface area contributed by atoms with Crippen molar-refractivity contribution in [2.24, 2.45) is 11.7 Å². The Hall–Kier alpha value is -1.39. The summed E-state index contributed by atoms with van der Waals surface area (Å²) in [4.78, 5) is 11.9. The zero-order chi connectivity index (χ0) is 15.1. The van der Waals surface area contributed by atoms with Crippen LogP contribution in [0.5, 0.6) is 0 Å². The molecule has 1 aliphatic rings. The van der Waals surface area contributed by atoms with Crippen LogP contribution in [0.3, 0.4) is 0 Å². The maximum absolute atomic E-state index is 11.9. The zero-order valence-corrected chi connectivity index (χ0v) is 12.8. The SMILES string of the molecule is CCC1CCCC(OCC(=O)Nc2ccc(CN)cc2)C1. The molecule has 1 fully saturated rings. The molecule has 0 spiro atoms. The van der Waals surface area contributed by atoms with E-state index in [1.807, 2.05) is 24.3 Å². The number of carbonyl (C=O) groups is 1. The van der Waals surface area contributed by atoms with Gasteiger partial charge in [-0.05, 0) is 36.5 Å². The van der Waals surface area contributed by atoms with Crippen molar-refractivity contribution in [2.45, 2.75) is 51.7 Å². The van der Waals surface area contributed by atoms with Gasteiger partial charge in [0, 0.05) is 12.2 Å². The Kier molecular flexibility index (Phi) is 6.21. The molecule has 1 aromatic carbocycles. The largest absolute Gasteiger partial charge is 0.368 e. The summed E-state index contributed by atoms with van der Waals surface area (Å²) >= 11 is 0. The number of hydrogen-bond acceptors (Lipinski definition) is 3. The van der Waals surface area contributed by atoms with E-state index in [-0.39, 0.29) is 18.6 Å². The van der Waals surface area contributed by atoms with E-state index in [0.717, 1.165) is 30.0 Å². The van der Waals surface area contributed by atoms with Crippen LogP contribution in [0.25, 0.3) is 0 Å². The van der Waals surface area contributed by atoms with Gasteiger partial charge < -0.3 is 15.8 Å². The molecule has 21 heavy (non-hydrogen) atoms. The molecule has 4 heteroatoms. The fraction of sp³-hybridized carbons (Fsp3) is 0.588. The molecule has 3 N–H and O–H groups in total. The molecule has 4 nitrogen and oxygen atoms in total. The Balaban J connectivity index is 1.73. The van der Waals surface area contributed by atoms with Crippen LogP contribution in [0.15, 0.2) is 24.3 Å². The minimum absolute atomic E-state index is 0.0888. The predicted molar refractivity (Wildman–Crippen MR) is 85.0 cm³/mol. The second-order valence-corrected chi connectivity index (χ2v) is 5.82. The number of anilines is 1. The lowest BCUT2D eigenvalue weighted by Gasteiger charge is -2.28. The van der Waals surface area contributed by atoms with Crippen LogP contribution in [0.4, 0.5) is 5.69 Å². The van der Waals surface area contributed by atoms with Crippen molar-refractivity contribution in [3.05, 3.63) is 29.8 Å². The molecule has 0 aliphatic heterocycles. The van der Waals surface area contributed by atoms with Crippen LogP contribution in [0.2, 0.25) is 0 Å². The normalized spacial score (nSPS) is 22.0. The van der Waals surface area contributed by atoms with Crippen LogP contribution >= 0.6 is 0 Å². The summed E-state index contributed by atoms with van der Waals surface area (Å²) in [6.45, 7) is 2.88. The van der Waals surface area contributed by atoms with Crippen molar-refractivity contribution in [1.82, 2.24) is 0 Å². The first kappa shape index (κ1) is 16.0. The molecule has 2 unspecified atom stereocenters. The van der Waals surface area contributed by atoms with Crippen molar-refractivity contribution in [1.29, 1.82) is 0 Å². The quantitative estimate of drug-likeness (QED) is 0.846. The second kappa shape index (κ2) is 8.15. The van der Waals surface area contributed by atoms with Gasteiger partial charge in [0.15, 0.2) is 0 Å². The number of nitrogens with one attached hydrogen (secondary N) is 1. The number of hydrogen-bond donors (Lipinski definition) is 2. The standard InChI is InChI=1S/C17H26N2O2/c1-2-13-4-3-5-16(10-13)21-12-17(20)19-15-8-6-14(11-18)7-9-15/h6-9,13,16H,2-5,10-12,18H2,1H3,(H,19,20). The fourth-order valence-corrected chi connectivity index (χ4v) is 2.88. The molecular weight excluding hydrogens is 264 g/mol. The maximum atomic E-state index is 11.9. The van der Waals surface area contributed by atoms with E-state index < -0.39 is 0 Å². The lowest BCUT2D eigenvalue weighted by atomic mass is 9.85. The summed E-state index contributed by atoms with van der Waals surface area (Å²) in [6, 6.07) is 7.58. The first-order chi connectivity index (χ1) is 10.2. The van der Waals surface area contributed by atoms with Gasteiger partial charge in [-0.25, -0.2) is 0 Å². The Morgan fingerprint density at radius 2 is 2.10 bits per heavy atom. The van der Waals surface area contributed by atoms with Crippen molar-refractivity contribution in [2.75, 3.05) is 11.9 Å². The van der Waals surface area contributed by atoms with Gasteiger partial charge in [-0.15, -0.1) is 0 Å². The maximum Gasteiger partial charge on any atom is 0.250 e. The molecule has 1 saturated carbocycles. The summed E-state index contributed by atoms with van der Waals surface area (Å²) in [5.74, 6) is 0.671. The van der Waals surface area contributed by atoms with E-state index in [2.05, 4.69) is 12.2 Å². The molecular formula is C17H26N2O2. The number of benzene rings is 1. The fourth-order valence-electron chi connectivity index (χ4n) is 2.88. The highest BCUT2D eigenvalue weighted by atomic mass is 16.5. The Morgan fingerprint density at radius 3 is 2.76 bits per heavy atom. The van der Waals surface area contributed by atoms with E-state index in [1.54, 1.807) is 0 Å². The number of rotatable bonds is 6. The summed E-state index contributed by atoms with van der Waals surface area (Å²) in [7, 11) is 0. The lowest BCUT2D eigenvalue weighted by Crippen LogP contribution is -2.27. The van der Waals surface area contributed by atoms with Crippen molar-refractivity contribution >= 4 is 11.6 Å². The minimum atomic E-state index is -0.0888. The molecule has 1 aliphatic carbocycles. The van der Waals surface area contributed by atoms with Gasteiger partial charge in [-0.2, -0.15) is 0 Å². The van der Waals surface area contributed by atoms with Crippen LogP contribution in [0.1, 0.15) is 44.6 Å². The molecule has 2 atom stereocenters. The molecule has 0 saturated heterocycles. The Labute approximate surface area is 127 Å². The lowest BCUT2D eigenvalue weighted by molar-refractivity contribution is -0.123. The summed E-state index contributed by atoms with van der Waals surface area (Å²) < 4.78 is 5.76. The highest BCUT2D eigenvalue weighted by Gasteiger charge is 2.21. The molecule has 116 valence electrons. The van der Waals surface area contributed by atoms with Gasteiger partial charge >= 0.3 is 0 Å². The van der Waals surface area contributed by atoms with Gasteiger partial charge in [-0.1, -0.05) is 38.3 Å². The molecule has 2 rings (SSSR count). The molecule has 1 amide bonds. The van der Waals surface area contributed by atoms with E-state index in [1.165, 1.54) is 19.3 Å². The van der Waals surface area contributed by atoms with Gasteiger partial charge in [0.25, 0.3) is 0 Å². The van der Waals surface area contributed by atoms with Gasteiger partial charge in [0.05, 0.1) is 6.10 Å². The van der Waals surface area contributed by atoms with Crippen LogP contribution < -0.4 is 11.1 Å². The first-order valence-electron chi connectivity index (χ1n) is 7.91. The Bertz CT molecular complexity index is 445. The van der Waals surface area contributed by atoms with E-state index in [9.17, 15) is 4.79 Å². The third-order valence-electron chi connectivity index (χ3n) is 4.24. The Morgan fingerprint density at radius 1 is 1.33 bits per heavy atom. The van der Waals surface area contributed by atoms with Gasteiger partial charge in [-0.3, -0.25) is 4.79 Å². The average molecular weight is 290 g/mol. The average Bonchev–Trinajstić information content (AvgIpc) is 2.54. The monoisotopic (exact) mass is 290 g/mol. The molecule has 1 aromatic rings. The van der Waals surface area contributed by atoms with Gasteiger partial charge in [0.2, 0.25) is 5.91 Å². The molecule has 0 bridgehead atoms.